The Morgan fingerprint density at radius 1 is 1.50 bits per heavy atom. The molecule has 2 rings (SSSR count). The highest BCUT2D eigenvalue weighted by atomic mass is 32.1. The predicted octanol–water partition coefficient (Wildman–Crippen LogP) is 2.00. The summed E-state index contributed by atoms with van der Waals surface area (Å²) in [6.07, 6.45) is 1.74. The molecule has 0 unspecified atom stereocenters. The molecule has 2 heterocycles. The summed E-state index contributed by atoms with van der Waals surface area (Å²) in [6, 6.07) is 3.77. The zero-order chi connectivity index (χ0) is 10.1. The smallest absolute Gasteiger partial charge is 0.254 e. The molecule has 0 aliphatic rings. The summed E-state index contributed by atoms with van der Waals surface area (Å²) in [5, 5.41) is 2.80. The van der Waals surface area contributed by atoms with Crippen LogP contribution in [0.15, 0.2) is 23.7 Å². The predicted molar refractivity (Wildman–Crippen MR) is 57.6 cm³/mol. The lowest BCUT2D eigenvalue weighted by molar-refractivity contribution is 0.0830. The van der Waals surface area contributed by atoms with E-state index >= 15 is 0 Å². The maximum absolute atomic E-state index is 11.7. The maximum atomic E-state index is 11.7. The van der Waals surface area contributed by atoms with Crippen LogP contribution in [0.25, 0.3) is 10.2 Å². The van der Waals surface area contributed by atoms with Crippen molar-refractivity contribution in [3.8, 4) is 0 Å². The third-order valence-electron chi connectivity index (χ3n) is 1.99. The van der Waals surface area contributed by atoms with E-state index in [0.29, 0.717) is 0 Å². The van der Waals surface area contributed by atoms with Crippen molar-refractivity contribution in [2.75, 3.05) is 14.1 Å². The SMILES string of the molecule is CN(C)C(=O)c1csc2ncccc12. The first kappa shape index (κ1) is 9.15. The van der Waals surface area contributed by atoms with E-state index < -0.39 is 0 Å². The van der Waals surface area contributed by atoms with E-state index in [4.69, 9.17) is 0 Å². The Balaban J connectivity index is 2.58. The van der Waals surface area contributed by atoms with Crippen molar-refractivity contribution in [3.05, 3.63) is 29.3 Å². The molecule has 0 aliphatic carbocycles. The summed E-state index contributed by atoms with van der Waals surface area (Å²) in [5.74, 6) is 0.0317. The van der Waals surface area contributed by atoms with Gasteiger partial charge in [0, 0.05) is 31.1 Å². The number of fused-ring (bicyclic) bond motifs is 1. The summed E-state index contributed by atoms with van der Waals surface area (Å²) in [5.41, 5.74) is 0.739. The Hall–Kier alpha value is -1.42. The molecule has 0 radical (unpaired) electrons. The lowest BCUT2D eigenvalue weighted by Crippen LogP contribution is -2.21. The molecule has 0 spiro atoms. The molecule has 0 atom stereocenters. The number of aromatic nitrogens is 1. The second-order valence-electron chi connectivity index (χ2n) is 3.21. The maximum Gasteiger partial charge on any atom is 0.254 e. The van der Waals surface area contributed by atoms with E-state index in [1.807, 2.05) is 17.5 Å². The summed E-state index contributed by atoms with van der Waals surface area (Å²) < 4.78 is 0. The Morgan fingerprint density at radius 3 is 3.00 bits per heavy atom. The van der Waals surface area contributed by atoms with Gasteiger partial charge in [-0.05, 0) is 12.1 Å². The zero-order valence-electron chi connectivity index (χ0n) is 8.02. The van der Waals surface area contributed by atoms with Gasteiger partial charge in [0.15, 0.2) is 0 Å². The van der Waals surface area contributed by atoms with Crippen molar-refractivity contribution < 1.29 is 4.79 Å². The fourth-order valence-corrected chi connectivity index (χ4v) is 2.16. The normalized spacial score (nSPS) is 10.4. The topological polar surface area (TPSA) is 33.2 Å². The summed E-state index contributed by atoms with van der Waals surface area (Å²) >= 11 is 1.50. The van der Waals surface area contributed by atoms with Gasteiger partial charge in [0.25, 0.3) is 5.91 Å². The highest BCUT2D eigenvalue weighted by Crippen LogP contribution is 2.24. The molecule has 0 saturated heterocycles. The standard InChI is InChI=1S/C10H10N2OS/c1-12(2)10(13)8-6-14-9-7(8)4-3-5-11-9/h3-6H,1-2H3. The van der Waals surface area contributed by atoms with E-state index in [-0.39, 0.29) is 5.91 Å². The van der Waals surface area contributed by atoms with Crippen molar-refractivity contribution in [1.29, 1.82) is 0 Å². The first-order valence-corrected chi connectivity index (χ1v) is 5.12. The monoisotopic (exact) mass is 206 g/mol. The number of amides is 1. The second-order valence-corrected chi connectivity index (χ2v) is 4.06. The number of nitrogens with zero attached hydrogens (tertiary/aromatic N) is 2. The third-order valence-corrected chi connectivity index (χ3v) is 2.89. The Labute approximate surface area is 86.0 Å². The summed E-state index contributed by atoms with van der Waals surface area (Å²) in [7, 11) is 3.50. The molecule has 2 aromatic heterocycles. The third kappa shape index (κ3) is 1.37. The number of hydrogen-bond donors (Lipinski definition) is 0. The van der Waals surface area contributed by atoms with Gasteiger partial charge in [-0.2, -0.15) is 0 Å². The van der Waals surface area contributed by atoms with Gasteiger partial charge < -0.3 is 4.90 Å². The molecule has 0 aliphatic heterocycles. The number of rotatable bonds is 1. The molecule has 72 valence electrons. The van der Waals surface area contributed by atoms with E-state index in [2.05, 4.69) is 4.98 Å². The number of carbonyl (C=O) groups is 1. The average molecular weight is 206 g/mol. The van der Waals surface area contributed by atoms with Crippen molar-refractivity contribution in [2.45, 2.75) is 0 Å². The molecular formula is C10H10N2OS. The zero-order valence-corrected chi connectivity index (χ0v) is 8.84. The van der Waals surface area contributed by atoms with Gasteiger partial charge in [0.2, 0.25) is 0 Å². The quantitative estimate of drug-likeness (QED) is 0.715. The molecule has 4 heteroatoms. The van der Waals surface area contributed by atoms with Crippen molar-refractivity contribution in [2.24, 2.45) is 0 Å². The van der Waals surface area contributed by atoms with Crippen LogP contribution in [0.1, 0.15) is 10.4 Å². The van der Waals surface area contributed by atoms with E-state index in [9.17, 15) is 4.79 Å². The van der Waals surface area contributed by atoms with E-state index in [1.54, 1.807) is 25.2 Å². The molecule has 3 nitrogen and oxygen atoms in total. The van der Waals surface area contributed by atoms with Crippen molar-refractivity contribution in [1.82, 2.24) is 9.88 Å². The Morgan fingerprint density at radius 2 is 2.29 bits per heavy atom. The molecule has 0 aromatic carbocycles. The van der Waals surface area contributed by atoms with Crippen LogP contribution in [0.5, 0.6) is 0 Å². The van der Waals surface area contributed by atoms with Crippen LogP contribution in [0.2, 0.25) is 0 Å². The van der Waals surface area contributed by atoms with Crippen LogP contribution in [0.3, 0.4) is 0 Å². The number of hydrogen-bond acceptors (Lipinski definition) is 3. The first-order chi connectivity index (χ1) is 6.70. The van der Waals surface area contributed by atoms with Gasteiger partial charge >= 0.3 is 0 Å². The van der Waals surface area contributed by atoms with Gasteiger partial charge in [-0.3, -0.25) is 4.79 Å². The van der Waals surface area contributed by atoms with Crippen molar-refractivity contribution >= 4 is 27.5 Å². The fourth-order valence-electron chi connectivity index (χ4n) is 1.27. The van der Waals surface area contributed by atoms with Crippen LogP contribution in [-0.2, 0) is 0 Å². The summed E-state index contributed by atoms with van der Waals surface area (Å²) in [4.78, 5) is 18.4. The summed E-state index contributed by atoms with van der Waals surface area (Å²) in [6.45, 7) is 0. The molecule has 0 bridgehead atoms. The first-order valence-electron chi connectivity index (χ1n) is 4.24. The lowest BCUT2D eigenvalue weighted by Gasteiger charge is -2.08. The van der Waals surface area contributed by atoms with Crippen LogP contribution < -0.4 is 0 Å². The van der Waals surface area contributed by atoms with Gasteiger partial charge in [-0.25, -0.2) is 4.98 Å². The highest BCUT2D eigenvalue weighted by Gasteiger charge is 2.13. The molecule has 14 heavy (non-hydrogen) atoms. The van der Waals surface area contributed by atoms with Crippen LogP contribution >= 0.6 is 11.3 Å². The minimum absolute atomic E-state index is 0.0317. The number of thiophene rings is 1. The lowest BCUT2D eigenvalue weighted by atomic mass is 10.2. The molecule has 0 N–H and O–H groups in total. The number of pyridine rings is 1. The van der Waals surface area contributed by atoms with Crippen LogP contribution in [-0.4, -0.2) is 29.9 Å². The van der Waals surface area contributed by atoms with Gasteiger partial charge in [-0.15, -0.1) is 11.3 Å². The van der Waals surface area contributed by atoms with Crippen LogP contribution in [0, 0.1) is 0 Å². The van der Waals surface area contributed by atoms with Gasteiger partial charge in [0.1, 0.15) is 4.83 Å². The van der Waals surface area contributed by atoms with E-state index in [0.717, 1.165) is 15.8 Å². The second kappa shape index (κ2) is 3.38. The Bertz CT molecular complexity index is 476. The molecule has 2 aromatic rings. The largest absolute Gasteiger partial charge is 0.345 e. The molecular weight excluding hydrogens is 196 g/mol. The van der Waals surface area contributed by atoms with Crippen molar-refractivity contribution in [3.63, 3.8) is 0 Å². The van der Waals surface area contributed by atoms with Gasteiger partial charge in [-0.1, -0.05) is 0 Å². The number of carbonyl (C=O) groups excluding carboxylic acids is 1. The highest BCUT2D eigenvalue weighted by molar-refractivity contribution is 7.17. The average Bonchev–Trinajstić information content (AvgIpc) is 2.60. The van der Waals surface area contributed by atoms with Crippen LogP contribution in [0.4, 0.5) is 0 Å². The van der Waals surface area contributed by atoms with E-state index in [1.165, 1.54) is 11.3 Å². The minimum Gasteiger partial charge on any atom is -0.345 e. The molecule has 0 saturated carbocycles. The Kier molecular flexibility index (Phi) is 2.21. The molecule has 0 fully saturated rings. The minimum atomic E-state index is 0.0317. The fraction of sp³-hybridized carbons (Fsp3) is 0.200. The molecule has 1 amide bonds. The van der Waals surface area contributed by atoms with Gasteiger partial charge in [0.05, 0.1) is 5.56 Å².